The maximum atomic E-state index is 12.8. The summed E-state index contributed by atoms with van der Waals surface area (Å²) >= 11 is 1.15. The van der Waals surface area contributed by atoms with Crippen LogP contribution >= 0.6 is 11.3 Å². The lowest BCUT2D eigenvalue weighted by atomic mass is 10.1. The number of hydrogen-bond acceptors (Lipinski definition) is 11. The fraction of sp³-hybridized carbons (Fsp3) is 0.562. The first-order valence-electron chi connectivity index (χ1n) is 14.7. The van der Waals surface area contributed by atoms with Crippen LogP contribution in [0.15, 0.2) is 36.4 Å². The molecule has 0 bridgehead atoms. The van der Waals surface area contributed by atoms with Crippen molar-refractivity contribution in [1.29, 1.82) is 5.26 Å². The summed E-state index contributed by atoms with van der Waals surface area (Å²) in [5.41, 5.74) is -0.596. The van der Waals surface area contributed by atoms with E-state index in [4.69, 9.17) is 33.7 Å². The quantitative estimate of drug-likeness (QED) is 0.177. The summed E-state index contributed by atoms with van der Waals surface area (Å²) in [7, 11) is 0. The van der Waals surface area contributed by atoms with E-state index >= 15 is 0 Å². The van der Waals surface area contributed by atoms with Gasteiger partial charge in [0.1, 0.15) is 40.5 Å². The van der Waals surface area contributed by atoms with E-state index in [2.05, 4.69) is 10.6 Å². The number of benzene rings is 1. The molecule has 248 valence electrons. The summed E-state index contributed by atoms with van der Waals surface area (Å²) < 4.78 is 33.0. The zero-order valence-electron chi connectivity index (χ0n) is 26.9. The molecule has 0 saturated carbocycles. The molecule has 0 fully saturated rings. The number of esters is 1. The summed E-state index contributed by atoms with van der Waals surface area (Å²) in [4.78, 5) is 38.1. The highest BCUT2D eigenvalue weighted by molar-refractivity contribution is 7.14. The Hall–Kier alpha value is -3.70. The van der Waals surface area contributed by atoms with E-state index in [9.17, 15) is 14.4 Å². The van der Waals surface area contributed by atoms with Gasteiger partial charge in [-0.15, -0.1) is 11.3 Å². The third-order valence-corrected chi connectivity index (χ3v) is 6.45. The standard InChI is InChI=1S/C32H45N3O9S/c1-31(2,3)43-29(37)26(35-30(38)44-32(4,5)6)21-23-7-9-24(10-8-23)42-20-19-41-18-17-40-16-15-39-14-13-34-28(36)27-12-11-25(22-33)45-27/h7-12,26H,13-21H2,1-6H3,(H,34,36)(H,35,38)/t26-/m0/s1. The van der Waals surface area contributed by atoms with Gasteiger partial charge in [-0.1, -0.05) is 12.1 Å². The number of rotatable bonds is 18. The molecule has 2 rings (SSSR count). The van der Waals surface area contributed by atoms with E-state index in [1.54, 1.807) is 65.8 Å². The first kappa shape index (κ1) is 37.5. The average Bonchev–Trinajstić information content (AvgIpc) is 3.44. The van der Waals surface area contributed by atoms with E-state index in [-0.39, 0.29) is 12.3 Å². The van der Waals surface area contributed by atoms with Crippen molar-refractivity contribution < 1.29 is 42.8 Å². The largest absolute Gasteiger partial charge is 0.491 e. The molecule has 12 nitrogen and oxygen atoms in total. The Morgan fingerprint density at radius 1 is 0.800 bits per heavy atom. The molecule has 1 heterocycles. The third kappa shape index (κ3) is 16.8. The van der Waals surface area contributed by atoms with Crippen molar-refractivity contribution in [2.45, 2.75) is 65.2 Å². The van der Waals surface area contributed by atoms with Crippen molar-refractivity contribution in [2.24, 2.45) is 0 Å². The SMILES string of the molecule is CC(C)(C)OC(=O)N[C@@H](Cc1ccc(OCCOCCOCCOCCNC(=O)c2ccc(C#N)s2)cc1)C(=O)OC(C)(C)C. The lowest BCUT2D eigenvalue weighted by Gasteiger charge is -2.26. The molecule has 0 spiro atoms. The number of nitrogens with one attached hydrogen (secondary N) is 2. The Bertz CT molecular complexity index is 1240. The van der Waals surface area contributed by atoms with Crippen molar-refractivity contribution in [3.63, 3.8) is 0 Å². The second kappa shape index (κ2) is 19.0. The van der Waals surface area contributed by atoms with Gasteiger partial charge < -0.3 is 39.1 Å². The Balaban J connectivity index is 1.57. The molecule has 0 aliphatic rings. The molecule has 0 saturated heterocycles. The highest BCUT2D eigenvalue weighted by Gasteiger charge is 2.29. The number of nitriles is 1. The number of ether oxygens (including phenoxy) is 6. The van der Waals surface area contributed by atoms with E-state index in [1.165, 1.54) is 0 Å². The van der Waals surface area contributed by atoms with E-state index in [1.807, 2.05) is 18.2 Å². The van der Waals surface area contributed by atoms with Gasteiger partial charge in [0.15, 0.2) is 0 Å². The van der Waals surface area contributed by atoms with Gasteiger partial charge in [-0.2, -0.15) is 5.26 Å². The molecule has 45 heavy (non-hydrogen) atoms. The summed E-state index contributed by atoms with van der Waals surface area (Å²) in [6, 6.07) is 11.6. The normalized spacial score (nSPS) is 12.1. The fourth-order valence-corrected chi connectivity index (χ4v) is 4.30. The van der Waals surface area contributed by atoms with Crippen LogP contribution in [0.1, 0.15) is 61.7 Å². The van der Waals surface area contributed by atoms with Crippen molar-refractivity contribution in [1.82, 2.24) is 10.6 Å². The first-order chi connectivity index (χ1) is 21.3. The fourth-order valence-electron chi connectivity index (χ4n) is 3.58. The van der Waals surface area contributed by atoms with Crippen molar-refractivity contribution in [3.8, 4) is 11.8 Å². The Kier molecular flexibility index (Phi) is 15.8. The van der Waals surface area contributed by atoms with Gasteiger partial charge in [-0.25, -0.2) is 9.59 Å². The predicted octanol–water partition coefficient (Wildman–Crippen LogP) is 4.26. The number of hydrogen-bond donors (Lipinski definition) is 2. The molecule has 0 radical (unpaired) electrons. The maximum absolute atomic E-state index is 12.8. The minimum Gasteiger partial charge on any atom is -0.491 e. The number of amides is 2. The number of thiophene rings is 1. The summed E-state index contributed by atoms with van der Waals surface area (Å²) in [5.74, 6) is -0.129. The van der Waals surface area contributed by atoms with Crippen LogP contribution in [0.5, 0.6) is 5.75 Å². The summed E-state index contributed by atoms with van der Waals surface area (Å²) in [6.45, 7) is 13.6. The maximum Gasteiger partial charge on any atom is 0.408 e. The molecule has 2 aromatic rings. The molecule has 0 unspecified atom stereocenters. The lowest BCUT2D eigenvalue weighted by Crippen LogP contribution is -2.47. The van der Waals surface area contributed by atoms with Gasteiger partial charge in [0.2, 0.25) is 0 Å². The van der Waals surface area contributed by atoms with Gasteiger partial charge >= 0.3 is 12.1 Å². The molecular weight excluding hydrogens is 602 g/mol. The summed E-state index contributed by atoms with van der Waals surface area (Å²) in [5, 5.41) is 14.2. The molecule has 13 heteroatoms. The summed E-state index contributed by atoms with van der Waals surface area (Å²) in [6.07, 6.45) is -0.471. The monoisotopic (exact) mass is 647 g/mol. The molecule has 0 aliphatic heterocycles. The highest BCUT2D eigenvalue weighted by atomic mass is 32.1. The number of alkyl carbamates (subject to hydrolysis) is 1. The van der Waals surface area contributed by atoms with E-state index < -0.39 is 29.3 Å². The molecule has 1 aromatic carbocycles. The molecule has 1 atom stereocenters. The van der Waals surface area contributed by atoms with E-state index in [0.29, 0.717) is 68.3 Å². The third-order valence-electron chi connectivity index (χ3n) is 5.46. The number of carbonyl (C=O) groups is 3. The molecule has 2 N–H and O–H groups in total. The van der Waals surface area contributed by atoms with Gasteiger partial charge in [0, 0.05) is 13.0 Å². The molecule has 1 aromatic heterocycles. The number of carbonyl (C=O) groups excluding carboxylic acids is 3. The van der Waals surface area contributed by atoms with Crippen LogP contribution in [-0.4, -0.2) is 88.0 Å². The highest BCUT2D eigenvalue weighted by Crippen LogP contribution is 2.17. The molecule has 2 amide bonds. The minimum absolute atomic E-state index is 0.222. The lowest BCUT2D eigenvalue weighted by molar-refractivity contribution is -0.157. The molecule has 0 aliphatic carbocycles. The van der Waals surface area contributed by atoms with Gasteiger partial charge in [-0.05, 0) is 71.4 Å². The van der Waals surface area contributed by atoms with Crippen molar-refractivity contribution in [2.75, 3.05) is 52.8 Å². The topological polar surface area (TPSA) is 154 Å². The zero-order chi connectivity index (χ0) is 33.3. The first-order valence-corrected chi connectivity index (χ1v) is 15.5. The number of nitrogens with zero attached hydrogens (tertiary/aromatic N) is 1. The van der Waals surface area contributed by atoms with Crippen LogP contribution in [-0.2, 0) is 34.9 Å². The Labute approximate surface area is 269 Å². The Morgan fingerprint density at radius 2 is 1.38 bits per heavy atom. The molecular formula is C32H45N3O9S. The van der Waals surface area contributed by atoms with Crippen LogP contribution in [0.3, 0.4) is 0 Å². The van der Waals surface area contributed by atoms with Gasteiger partial charge in [-0.3, -0.25) is 4.79 Å². The van der Waals surface area contributed by atoms with Crippen molar-refractivity contribution >= 4 is 29.3 Å². The predicted molar refractivity (Wildman–Crippen MR) is 168 cm³/mol. The van der Waals surface area contributed by atoms with Crippen LogP contribution in [0.4, 0.5) is 4.79 Å². The van der Waals surface area contributed by atoms with Crippen LogP contribution in [0.25, 0.3) is 0 Å². The van der Waals surface area contributed by atoms with Gasteiger partial charge in [0.25, 0.3) is 5.91 Å². The van der Waals surface area contributed by atoms with Crippen molar-refractivity contribution in [3.05, 3.63) is 51.7 Å². The van der Waals surface area contributed by atoms with Gasteiger partial charge in [0.05, 0.1) is 44.5 Å². The van der Waals surface area contributed by atoms with Crippen LogP contribution in [0.2, 0.25) is 0 Å². The van der Waals surface area contributed by atoms with E-state index in [0.717, 1.165) is 16.9 Å². The Morgan fingerprint density at radius 3 is 1.93 bits per heavy atom. The van der Waals surface area contributed by atoms with Crippen LogP contribution in [0, 0.1) is 11.3 Å². The second-order valence-corrected chi connectivity index (χ2v) is 12.9. The average molecular weight is 648 g/mol. The zero-order valence-corrected chi connectivity index (χ0v) is 27.8. The minimum atomic E-state index is -0.919. The second-order valence-electron chi connectivity index (χ2n) is 11.8. The van der Waals surface area contributed by atoms with Crippen LogP contribution < -0.4 is 15.4 Å². The smallest absolute Gasteiger partial charge is 0.408 e.